The molecule has 2 aromatic carbocycles. The summed E-state index contributed by atoms with van der Waals surface area (Å²) < 4.78 is 2.14. The molecule has 0 amide bonds. The van der Waals surface area contributed by atoms with Gasteiger partial charge in [0.2, 0.25) is 7.64 Å². The quantitative estimate of drug-likeness (QED) is 0.692. The Balaban J connectivity index is 2.08. The van der Waals surface area contributed by atoms with Crippen LogP contribution in [0.2, 0.25) is 0 Å². The van der Waals surface area contributed by atoms with E-state index in [0.29, 0.717) is 0 Å². The third-order valence-corrected chi connectivity index (χ3v) is 9.76. The van der Waals surface area contributed by atoms with Crippen molar-refractivity contribution >= 4 is 7.64 Å². The zero-order chi connectivity index (χ0) is 18.4. The van der Waals surface area contributed by atoms with Crippen molar-refractivity contribution in [2.24, 2.45) is 0 Å². The number of hydrogen-bond acceptors (Lipinski definition) is 2. The van der Waals surface area contributed by atoms with E-state index in [2.05, 4.69) is 82.9 Å². The molecule has 0 saturated carbocycles. The number of hydrogen-bond donors (Lipinski definition) is 1. The van der Waals surface area contributed by atoms with Crippen molar-refractivity contribution < 1.29 is 4.89 Å². The van der Waals surface area contributed by atoms with Gasteiger partial charge in [-0.2, -0.15) is 4.67 Å². The van der Waals surface area contributed by atoms with Gasteiger partial charge in [0.05, 0.1) is 0 Å². The second-order valence-corrected chi connectivity index (χ2v) is 11.4. The van der Waals surface area contributed by atoms with Crippen LogP contribution in [0.1, 0.15) is 57.5 Å². The largest absolute Gasteiger partial charge is 0.232 e. The minimum absolute atomic E-state index is 0.243. The second-order valence-electron chi connectivity index (χ2n) is 8.00. The molecule has 2 aromatic rings. The third kappa shape index (κ3) is 3.40. The van der Waals surface area contributed by atoms with Gasteiger partial charge in [-0.1, -0.05) is 58.7 Å². The van der Waals surface area contributed by atoms with Gasteiger partial charge in [-0.25, -0.2) is 4.89 Å². The van der Waals surface area contributed by atoms with Gasteiger partial charge in [0.1, 0.15) is 11.3 Å². The van der Waals surface area contributed by atoms with Gasteiger partial charge in [0.15, 0.2) is 0 Å². The summed E-state index contributed by atoms with van der Waals surface area (Å²) >= 11 is 0. The molecular weight excluding hydrogens is 325 g/mol. The summed E-state index contributed by atoms with van der Waals surface area (Å²) in [6, 6.07) is 13.5. The van der Waals surface area contributed by atoms with Crippen LogP contribution >= 0.6 is 7.64 Å². The Kier molecular flexibility index (Phi) is 5.08. The molecule has 2 atom stereocenters. The van der Waals surface area contributed by atoms with Gasteiger partial charge < -0.3 is 0 Å². The van der Waals surface area contributed by atoms with Crippen molar-refractivity contribution in [3.8, 4) is 0 Å². The van der Waals surface area contributed by atoms with Gasteiger partial charge in [-0.3, -0.25) is 0 Å². The standard InChI is InChI=1S/C22H31NOP/c1-15-9-16(2)12-19(11-15)21-7-8-22(25(21,24)23(5)6)20-13-17(3)10-18(4)14-20/h9-14,21-22,24H,7-8H2,1-6H3/q+1. The van der Waals surface area contributed by atoms with Crippen molar-refractivity contribution in [3.05, 3.63) is 69.8 Å². The highest BCUT2D eigenvalue weighted by atomic mass is 31.2. The lowest BCUT2D eigenvalue weighted by atomic mass is 9.99. The Morgan fingerprint density at radius 2 is 1.04 bits per heavy atom. The lowest BCUT2D eigenvalue weighted by Crippen LogP contribution is -2.20. The van der Waals surface area contributed by atoms with E-state index in [1.165, 1.54) is 33.4 Å². The molecule has 0 radical (unpaired) electrons. The van der Waals surface area contributed by atoms with Crippen molar-refractivity contribution in [2.75, 3.05) is 14.1 Å². The topological polar surface area (TPSA) is 23.5 Å². The molecule has 1 fully saturated rings. The zero-order valence-electron chi connectivity index (χ0n) is 16.4. The molecule has 25 heavy (non-hydrogen) atoms. The maximum atomic E-state index is 12.0. The van der Waals surface area contributed by atoms with E-state index in [1.54, 1.807) is 0 Å². The second kappa shape index (κ2) is 6.83. The van der Waals surface area contributed by atoms with E-state index in [9.17, 15) is 4.89 Å². The summed E-state index contributed by atoms with van der Waals surface area (Å²) in [5.41, 5.74) is 8.26. The highest BCUT2D eigenvalue weighted by Gasteiger charge is 2.60. The van der Waals surface area contributed by atoms with Crippen LogP contribution in [0.5, 0.6) is 0 Å². The molecule has 1 saturated heterocycles. The Morgan fingerprint density at radius 1 is 0.720 bits per heavy atom. The number of benzene rings is 2. The molecular formula is C22H31NOP+. The Labute approximate surface area is 153 Å². The van der Waals surface area contributed by atoms with Crippen LogP contribution in [0.25, 0.3) is 0 Å². The van der Waals surface area contributed by atoms with E-state index in [0.717, 1.165) is 12.8 Å². The fourth-order valence-corrected chi connectivity index (χ4v) is 8.43. The van der Waals surface area contributed by atoms with Gasteiger partial charge in [0, 0.05) is 14.1 Å². The van der Waals surface area contributed by atoms with Crippen LogP contribution in [0, 0.1) is 27.7 Å². The van der Waals surface area contributed by atoms with Crippen LogP contribution in [-0.4, -0.2) is 23.7 Å². The summed E-state index contributed by atoms with van der Waals surface area (Å²) in [5, 5.41) is 0. The molecule has 3 heteroatoms. The van der Waals surface area contributed by atoms with E-state index in [1.807, 2.05) is 0 Å². The molecule has 3 rings (SSSR count). The predicted octanol–water partition coefficient (Wildman–Crippen LogP) is 5.90. The van der Waals surface area contributed by atoms with E-state index in [-0.39, 0.29) is 11.3 Å². The molecule has 1 aliphatic heterocycles. The van der Waals surface area contributed by atoms with Crippen LogP contribution in [-0.2, 0) is 0 Å². The fourth-order valence-electron chi connectivity index (χ4n) is 4.65. The first-order valence-corrected chi connectivity index (χ1v) is 11.0. The van der Waals surface area contributed by atoms with E-state index < -0.39 is 7.64 Å². The average Bonchev–Trinajstić information content (AvgIpc) is 2.84. The number of aryl methyl sites for hydroxylation is 4. The van der Waals surface area contributed by atoms with Gasteiger partial charge in [-0.15, -0.1) is 0 Å². The van der Waals surface area contributed by atoms with Crippen LogP contribution in [0.3, 0.4) is 0 Å². The molecule has 1 N–H and O–H groups in total. The van der Waals surface area contributed by atoms with Gasteiger partial charge in [-0.05, 0) is 51.7 Å². The monoisotopic (exact) mass is 356 g/mol. The van der Waals surface area contributed by atoms with Gasteiger partial charge in [0.25, 0.3) is 0 Å². The smallest absolute Gasteiger partial charge is 0.225 e. The molecule has 2 nitrogen and oxygen atoms in total. The fraction of sp³-hybridized carbons (Fsp3) is 0.455. The highest BCUT2D eigenvalue weighted by molar-refractivity contribution is 7.69. The summed E-state index contributed by atoms with van der Waals surface area (Å²) in [6.07, 6.45) is 2.12. The normalized spacial score (nSPS) is 26.4. The third-order valence-electron chi connectivity index (χ3n) is 5.53. The minimum atomic E-state index is -2.30. The molecule has 134 valence electrons. The van der Waals surface area contributed by atoms with Crippen LogP contribution < -0.4 is 0 Å². The first-order valence-electron chi connectivity index (χ1n) is 9.17. The minimum Gasteiger partial charge on any atom is -0.232 e. The van der Waals surface area contributed by atoms with Crippen molar-refractivity contribution in [1.82, 2.24) is 4.67 Å². The first-order chi connectivity index (χ1) is 11.7. The SMILES string of the molecule is Cc1cc(C)cc(C2CCC(c3cc(C)cc(C)c3)[P+]2(O)N(C)C)c1. The predicted molar refractivity (Wildman–Crippen MR) is 109 cm³/mol. The number of rotatable bonds is 3. The van der Waals surface area contributed by atoms with Crippen molar-refractivity contribution in [3.63, 3.8) is 0 Å². The Hall–Kier alpha value is -1.21. The Morgan fingerprint density at radius 3 is 1.32 bits per heavy atom. The molecule has 0 bridgehead atoms. The van der Waals surface area contributed by atoms with E-state index >= 15 is 0 Å². The summed E-state index contributed by atoms with van der Waals surface area (Å²) in [5.74, 6) is 0. The summed E-state index contributed by atoms with van der Waals surface area (Å²) in [7, 11) is 1.82. The van der Waals surface area contributed by atoms with Crippen LogP contribution in [0.15, 0.2) is 36.4 Å². The maximum Gasteiger partial charge on any atom is 0.225 e. The lowest BCUT2D eigenvalue weighted by molar-refractivity contribution is 0.480. The van der Waals surface area contributed by atoms with Crippen LogP contribution in [0.4, 0.5) is 0 Å². The lowest BCUT2D eigenvalue weighted by Gasteiger charge is -2.32. The van der Waals surface area contributed by atoms with Gasteiger partial charge >= 0.3 is 0 Å². The van der Waals surface area contributed by atoms with Crippen molar-refractivity contribution in [1.29, 1.82) is 0 Å². The molecule has 0 aromatic heterocycles. The molecule has 1 heterocycles. The highest BCUT2D eigenvalue weighted by Crippen LogP contribution is 2.83. The average molecular weight is 356 g/mol. The summed E-state index contributed by atoms with van der Waals surface area (Å²) in [6.45, 7) is 8.61. The molecule has 0 aliphatic carbocycles. The molecule has 2 unspecified atom stereocenters. The molecule has 0 spiro atoms. The maximum absolute atomic E-state index is 12.0. The Bertz CT molecular complexity index is 684. The summed E-state index contributed by atoms with van der Waals surface area (Å²) in [4.78, 5) is 12.0. The zero-order valence-corrected chi connectivity index (χ0v) is 17.3. The number of nitrogens with zero attached hydrogens (tertiary/aromatic N) is 1. The van der Waals surface area contributed by atoms with E-state index in [4.69, 9.17) is 0 Å². The molecule has 1 aliphatic rings. The first kappa shape index (κ1) is 18.6. The van der Waals surface area contributed by atoms with Crippen molar-refractivity contribution in [2.45, 2.75) is 51.9 Å².